The molecule has 0 saturated heterocycles. The fourth-order valence-electron chi connectivity index (χ4n) is 1.58. The lowest BCUT2D eigenvalue weighted by molar-refractivity contribution is 0.0580. The molecule has 0 saturated carbocycles. The van der Waals surface area contributed by atoms with Gasteiger partial charge >= 0.3 is 0 Å². The van der Waals surface area contributed by atoms with Gasteiger partial charge in [0, 0.05) is 12.1 Å². The van der Waals surface area contributed by atoms with Crippen LogP contribution in [-0.2, 0) is 6.54 Å². The summed E-state index contributed by atoms with van der Waals surface area (Å²) in [6, 6.07) is 5.36. The fraction of sp³-hybridized carbons (Fsp3) is 0.300. The van der Waals surface area contributed by atoms with Gasteiger partial charge in [0.15, 0.2) is 0 Å². The molecule has 1 amide bonds. The lowest BCUT2D eigenvalue weighted by atomic mass is 10.1. The number of amides is 1. The van der Waals surface area contributed by atoms with Gasteiger partial charge in [-0.25, -0.2) is 0 Å². The Morgan fingerprint density at radius 2 is 2.36 bits per heavy atom. The van der Waals surface area contributed by atoms with Crippen LogP contribution in [-0.4, -0.2) is 29.8 Å². The van der Waals surface area contributed by atoms with E-state index in [0.717, 1.165) is 5.56 Å². The second-order valence-electron chi connectivity index (χ2n) is 3.17. The summed E-state index contributed by atoms with van der Waals surface area (Å²) >= 11 is 0. The minimum absolute atomic E-state index is 0.138. The monoisotopic (exact) mass is 193 g/mol. The number of benzene rings is 1. The van der Waals surface area contributed by atoms with Crippen molar-refractivity contribution in [1.29, 1.82) is 0 Å². The maximum absolute atomic E-state index is 11.6. The van der Waals surface area contributed by atoms with E-state index >= 15 is 0 Å². The third-order valence-electron chi connectivity index (χ3n) is 2.37. The first-order chi connectivity index (χ1) is 6.76. The summed E-state index contributed by atoms with van der Waals surface area (Å²) in [7, 11) is 1.56. The Hall–Kier alpha value is -1.55. The van der Waals surface area contributed by atoms with Crippen LogP contribution < -0.4 is 4.74 Å². The van der Waals surface area contributed by atoms with Crippen molar-refractivity contribution in [2.75, 3.05) is 13.8 Å². The predicted octanol–water partition coefficient (Wildman–Crippen LogP) is 0.601. The Labute approximate surface area is 81.7 Å². The van der Waals surface area contributed by atoms with E-state index in [0.29, 0.717) is 17.9 Å². The molecule has 1 heterocycles. The topological polar surface area (TPSA) is 49.8 Å². The third-order valence-corrected chi connectivity index (χ3v) is 2.37. The van der Waals surface area contributed by atoms with Crippen molar-refractivity contribution in [2.45, 2.75) is 6.54 Å². The van der Waals surface area contributed by atoms with E-state index in [1.807, 2.05) is 12.1 Å². The number of ether oxygens (including phenoxy) is 1. The number of hydrogen-bond acceptors (Lipinski definition) is 3. The first-order valence-corrected chi connectivity index (χ1v) is 4.33. The van der Waals surface area contributed by atoms with Crippen LogP contribution in [0, 0.1) is 0 Å². The average molecular weight is 193 g/mol. The van der Waals surface area contributed by atoms with E-state index in [1.54, 1.807) is 13.2 Å². The van der Waals surface area contributed by atoms with E-state index in [4.69, 9.17) is 9.84 Å². The van der Waals surface area contributed by atoms with Crippen LogP contribution in [0.4, 0.5) is 0 Å². The van der Waals surface area contributed by atoms with Crippen molar-refractivity contribution < 1.29 is 14.6 Å². The van der Waals surface area contributed by atoms with E-state index < -0.39 is 0 Å². The SMILES string of the molecule is COc1ccc2c(c1)C(=O)N(CO)C2. The molecule has 1 aromatic rings. The molecule has 1 N–H and O–H groups in total. The van der Waals surface area contributed by atoms with Gasteiger partial charge in [-0.1, -0.05) is 6.07 Å². The molecule has 4 nitrogen and oxygen atoms in total. The number of hydrogen-bond donors (Lipinski definition) is 1. The molecule has 4 heteroatoms. The zero-order valence-corrected chi connectivity index (χ0v) is 7.86. The second-order valence-corrected chi connectivity index (χ2v) is 3.17. The lowest BCUT2D eigenvalue weighted by Crippen LogP contribution is -2.24. The van der Waals surface area contributed by atoms with Crippen LogP contribution in [0.25, 0.3) is 0 Å². The van der Waals surface area contributed by atoms with Crippen LogP contribution in [0.1, 0.15) is 15.9 Å². The summed E-state index contributed by atoms with van der Waals surface area (Å²) in [4.78, 5) is 13.0. The van der Waals surface area contributed by atoms with Crippen molar-refractivity contribution >= 4 is 5.91 Å². The number of aliphatic hydroxyl groups is 1. The molecule has 0 fully saturated rings. The summed E-state index contributed by atoms with van der Waals surface area (Å²) < 4.78 is 5.02. The molecule has 0 spiro atoms. The van der Waals surface area contributed by atoms with E-state index in [2.05, 4.69) is 0 Å². The van der Waals surface area contributed by atoms with Gasteiger partial charge in [0.2, 0.25) is 0 Å². The minimum atomic E-state index is -0.240. The zero-order valence-electron chi connectivity index (χ0n) is 7.86. The first-order valence-electron chi connectivity index (χ1n) is 4.33. The van der Waals surface area contributed by atoms with E-state index in [1.165, 1.54) is 4.90 Å². The van der Waals surface area contributed by atoms with E-state index in [-0.39, 0.29) is 12.6 Å². The normalized spacial score (nSPS) is 14.4. The van der Waals surface area contributed by atoms with Crippen LogP contribution in [0.2, 0.25) is 0 Å². The van der Waals surface area contributed by atoms with E-state index in [9.17, 15) is 4.79 Å². The molecule has 0 bridgehead atoms. The maximum atomic E-state index is 11.6. The number of rotatable bonds is 2. The van der Waals surface area contributed by atoms with Gasteiger partial charge < -0.3 is 14.7 Å². The Morgan fingerprint density at radius 3 is 3.00 bits per heavy atom. The quantitative estimate of drug-likeness (QED) is 0.748. The summed E-state index contributed by atoms with van der Waals surface area (Å²) in [5, 5.41) is 8.91. The largest absolute Gasteiger partial charge is 0.497 e. The Kier molecular flexibility index (Phi) is 2.13. The van der Waals surface area contributed by atoms with Crippen LogP contribution in [0.3, 0.4) is 0 Å². The Morgan fingerprint density at radius 1 is 1.57 bits per heavy atom. The standard InChI is InChI=1S/C10H11NO3/c1-14-8-3-2-7-5-11(6-12)10(13)9(7)4-8/h2-4,12H,5-6H2,1H3. The van der Waals surface area contributed by atoms with Crippen molar-refractivity contribution in [2.24, 2.45) is 0 Å². The molecular formula is C10H11NO3. The van der Waals surface area contributed by atoms with Crippen LogP contribution >= 0.6 is 0 Å². The number of methoxy groups -OCH3 is 1. The van der Waals surface area contributed by atoms with Crippen molar-refractivity contribution in [3.05, 3.63) is 29.3 Å². The van der Waals surface area contributed by atoms with Gasteiger partial charge in [-0.05, 0) is 17.7 Å². The van der Waals surface area contributed by atoms with Crippen LogP contribution in [0.15, 0.2) is 18.2 Å². The Bertz CT molecular complexity index is 376. The highest BCUT2D eigenvalue weighted by atomic mass is 16.5. The molecule has 1 aromatic carbocycles. The molecule has 0 unspecified atom stereocenters. The summed E-state index contributed by atoms with van der Waals surface area (Å²) in [5.41, 5.74) is 1.56. The van der Waals surface area contributed by atoms with Crippen LogP contribution in [0.5, 0.6) is 5.75 Å². The molecule has 0 aromatic heterocycles. The number of aliphatic hydroxyl groups excluding tert-OH is 1. The molecule has 2 rings (SSSR count). The van der Waals surface area contributed by atoms with Gasteiger partial charge in [-0.15, -0.1) is 0 Å². The predicted molar refractivity (Wildman–Crippen MR) is 50.0 cm³/mol. The van der Waals surface area contributed by atoms with Gasteiger partial charge in [0.1, 0.15) is 12.5 Å². The molecule has 0 aliphatic carbocycles. The van der Waals surface area contributed by atoms with Crippen molar-refractivity contribution in [3.63, 3.8) is 0 Å². The molecule has 1 aliphatic heterocycles. The summed E-state index contributed by atoms with van der Waals surface area (Å²) in [5.74, 6) is 0.526. The van der Waals surface area contributed by atoms with Gasteiger partial charge in [0.25, 0.3) is 5.91 Å². The third kappa shape index (κ3) is 1.24. The molecule has 14 heavy (non-hydrogen) atoms. The van der Waals surface area contributed by atoms with Gasteiger partial charge in [-0.2, -0.15) is 0 Å². The Balaban J connectivity index is 2.40. The molecule has 0 radical (unpaired) electrons. The number of carbonyl (C=O) groups is 1. The first kappa shape index (κ1) is 9.02. The second kappa shape index (κ2) is 3.31. The maximum Gasteiger partial charge on any atom is 0.256 e. The smallest absolute Gasteiger partial charge is 0.256 e. The fourth-order valence-corrected chi connectivity index (χ4v) is 1.58. The number of nitrogens with zero attached hydrogens (tertiary/aromatic N) is 1. The number of fused-ring (bicyclic) bond motifs is 1. The molecule has 74 valence electrons. The average Bonchev–Trinajstić information content (AvgIpc) is 2.55. The molecule has 0 atom stereocenters. The molecular weight excluding hydrogens is 182 g/mol. The van der Waals surface area contributed by atoms with Gasteiger partial charge in [0.05, 0.1) is 7.11 Å². The van der Waals surface area contributed by atoms with Gasteiger partial charge in [-0.3, -0.25) is 4.79 Å². The van der Waals surface area contributed by atoms with Crippen molar-refractivity contribution in [3.8, 4) is 5.75 Å². The minimum Gasteiger partial charge on any atom is -0.497 e. The van der Waals surface area contributed by atoms with Crippen molar-refractivity contribution in [1.82, 2.24) is 4.90 Å². The lowest BCUT2D eigenvalue weighted by Gasteiger charge is -2.09. The number of carbonyl (C=O) groups excluding carboxylic acids is 1. The molecule has 1 aliphatic rings. The highest BCUT2D eigenvalue weighted by Gasteiger charge is 2.26. The zero-order chi connectivity index (χ0) is 10.1. The highest BCUT2D eigenvalue weighted by molar-refractivity contribution is 5.98. The highest BCUT2D eigenvalue weighted by Crippen LogP contribution is 2.25. The summed E-state index contributed by atoms with van der Waals surface area (Å²) in [6.45, 7) is 0.241. The summed E-state index contributed by atoms with van der Waals surface area (Å²) in [6.07, 6.45) is 0.